The second kappa shape index (κ2) is 7.55. The van der Waals surface area contributed by atoms with Gasteiger partial charge in [0.15, 0.2) is 0 Å². The third-order valence-electron chi connectivity index (χ3n) is 4.83. The molecule has 1 amide bonds. The van der Waals surface area contributed by atoms with Gasteiger partial charge < -0.3 is 14.6 Å². The molecule has 2 aromatic heterocycles. The van der Waals surface area contributed by atoms with E-state index >= 15 is 0 Å². The molecule has 0 bridgehead atoms. The minimum atomic E-state index is -0.532. The molecule has 1 saturated heterocycles. The lowest BCUT2D eigenvalue weighted by molar-refractivity contribution is -0.149. The van der Waals surface area contributed by atoms with Crippen molar-refractivity contribution in [2.45, 2.75) is 26.4 Å². The van der Waals surface area contributed by atoms with Crippen LogP contribution in [0, 0.1) is 5.92 Å². The Morgan fingerprint density at radius 1 is 1.29 bits per heavy atom. The molecule has 1 fully saturated rings. The number of carbonyl (C=O) groups is 2. The van der Waals surface area contributed by atoms with Crippen LogP contribution in [0.3, 0.4) is 0 Å². The highest BCUT2D eigenvalue weighted by Crippen LogP contribution is 2.26. The molecule has 1 aromatic carbocycles. The zero-order chi connectivity index (χ0) is 19.7. The summed E-state index contributed by atoms with van der Waals surface area (Å²) >= 11 is 1.31. The second-order valence-electron chi connectivity index (χ2n) is 6.68. The fourth-order valence-corrected chi connectivity index (χ4v) is 4.00. The smallest absolute Gasteiger partial charge is 0.311 e. The molecule has 1 atom stereocenters. The van der Waals surface area contributed by atoms with Crippen molar-refractivity contribution in [3.05, 3.63) is 57.5 Å². The van der Waals surface area contributed by atoms with Crippen LogP contribution in [0.15, 0.2) is 40.5 Å². The molecule has 1 aliphatic heterocycles. The number of benzene rings is 1. The fourth-order valence-electron chi connectivity index (χ4n) is 3.27. The zero-order valence-electron chi connectivity index (χ0n) is 15.3. The molecular formula is C20H19N3O4S. The van der Waals surface area contributed by atoms with Crippen LogP contribution in [0.5, 0.6) is 0 Å². The number of hydrogen-bond donors (Lipinski definition) is 1. The summed E-state index contributed by atoms with van der Waals surface area (Å²) in [6, 6.07) is 9.51. The number of ether oxygens (including phenoxy) is 1. The number of nitrogens with zero attached hydrogens (tertiary/aromatic N) is 2. The highest BCUT2D eigenvalue weighted by molar-refractivity contribution is 7.17. The monoisotopic (exact) mass is 397 g/mol. The predicted molar refractivity (Wildman–Crippen MR) is 106 cm³/mol. The minimum absolute atomic E-state index is 0.0996. The van der Waals surface area contributed by atoms with Crippen molar-refractivity contribution < 1.29 is 14.3 Å². The van der Waals surface area contributed by atoms with Crippen LogP contribution in [-0.4, -0.2) is 28.4 Å². The van der Waals surface area contributed by atoms with E-state index in [1.165, 1.54) is 16.9 Å². The lowest BCUT2D eigenvalue weighted by atomic mass is 10.1. The molecule has 1 N–H and O–H groups in total. The summed E-state index contributed by atoms with van der Waals surface area (Å²) in [5.74, 6) is -0.804. The van der Waals surface area contributed by atoms with E-state index in [0.29, 0.717) is 16.0 Å². The third-order valence-corrected chi connectivity index (χ3v) is 5.73. The lowest BCUT2D eigenvalue weighted by Gasteiger charge is -2.17. The Balaban J connectivity index is 1.40. The number of aromatic nitrogens is 2. The summed E-state index contributed by atoms with van der Waals surface area (Å²) in [6.45, 7) is 2.23. The predicted octanol–water partition coefficient (Wildman–Crippen LogP) is 2.64. The number of H-pyrrole nitrogens is 1. The Hall–Kier alpha value is -3.00. The standard InChI is InChI=1S/C20H19N3O4S/c1-2-12-3-5-14(6-4-12)23-10-13(9-17(23)24)20(26)27-11-16-21-15-7-8-28-18(15)19(25)22-16/h3-8,13H,2,9-11H2,1H3,(H,21,22,25). The largest absolute Gasteiger partial charge is 0.457 e. The van der Waals surface area contributed by atoms with Crippen molar-refractivity contribution in [3.8, 4) is 0 Å². The van der Waals surface area contributed by atoms with Gasteiger partial charge in [0.1, 0.15) is 17.1 Å². The van der Waals surface area contributed by atoms with Crippen LogP contribution in [0.25, 0.3) is 10.2 Å². The topological polar surface area (TPSA) is 92.4 Å². The number of carbonyl (C=O) groups excluding carboxylic acids is 2. The molecule has 0 spiro atoms. The summed E-state index contributed by atoms with van der Waals surface area (Å²) in [5.41, 5.74) is 2.31. The Bertz CT molecular complexity index is 1090. The Morgan fingerprint density at radius 3 is 2.82 bits per heavy atom. The molecule has 1 unspecified atom stereocenters. The number of aromatic amines is 1. The van der Waals surface area contributed by atoms with E-state index in [-0.39, 0.29) is 31.0 Å². The van der Waals surface area contributed by atoms with E-state index in [4.69, 9.17) is 4.74 Å². The number of amides is 1. The molecular weight excluding hydrogens is 378 g/mol. The quantitative estimate of drug-likeness (QED) is 0.668. The number of fused-ring (bicyclic) bond motifs is 1. The van der Waals surface area contributed by atoms with E-state index in [2.05, 4.69) is 16.9 Å². The van der Waals surface area contributed by atoms with Crippen molar-refractivity contribution in [2.24, 2.45) is 5.92 Å². The van der Waals surface area contributed by atoms with Gasteiger partial charge in [0.25, 0.3) is 5.56 Å². The van der Waals surface area contributed by atoms with Crippen LogP contribution >= 0.6 is 11.3 Å². The van der Waals surface area contributed by atoms with Gasteiger partial charge in [-0.2, -0.15) is 0 Å². The first kappa shape index (κ1) is 18.4. The van der Waals surface area contributed by atoms with Crippen molar-refractivity contribution in [1.29, 1.82) is 0 Å². The van der Waals surface area contributed by atoms with Crippen LogP contribution in [0.4, 0.5) is 5.69 Å². The maximum atomic E-state index is 12.4. The Morgan fingerprint density at radius 2 is 2.07 bits per heavy atom. The molecule has 28 heavy (non-hydrogen) atoms. The Labute approximate surface area is 165 Å². The van der Waals surface area contributed by atoms with Gasteiger partial charge in [-0.05, 0) is 35.6 Å². The van der Waals surface area contributed by atoms with Crippen LogP contribution in [0.2, 0.25) is 0 Å². The summed E-state index contributed by atoms with van der Waals surface area (Å²) in [5, 5.41) is 1.79. The van der Waals surface area contributed by atoms with Gasteiger partial charge in [0.2, 0.25) is 5.91 Å². The molecule has 8 heteroatoms. The molecule has 0 saturated carbocycles. The van der Waals surface area contributed by atoms with Gasteiger partial charge in [-0.3, -0.25) is 14.4 Å². The summed E-state index contributed by atoms with van der Waals surface area (Å²) < 4.78 is 5.86. The van der Waals surface area contributed by atoms with Gasteiger partial charge in [0.05, 0.1) is 11.4 Å². The number of nitrogens with one attached hydrogen (secondary N) is 1. The first-order valence-electron chi connectivity index (χ1n) is 9.07. The van der Waals surface area contributed by atoms with Gasteiger partial charge in [-0.15, -0.1) is 11.3 Å². The second-order valence-corrected chi connectivity index (χ2v) is 7.60. The molecule has 1 aliphatic rings. The highest BCUT2D eigenvalue weighted by atomic mass is 32.1. The summed E-state index contributed by atoms with van der Waals surface area (Å²) in [6.07, 6.45) is 1.04. The number of rotatable bonds is 5. The number of aryl methyl sites for hydroxylation is 1. The van der Waals surface area contributed by atoms with E-state index in [9.17, 15) is 14.4 Å². The van der Waals surface area contributed by atoms with Crippen molar-refractivity contribution in [1.82, 2.24) is 9.97 Å². The normalized spacial score (nSPS) is 16.7. The third kappa shape index (κ3) is 3.55. The van der Waals surface area contributed by atoms with Crippen molar-refractivity contribution >= 4 is 39.1 Å². The first-order valence-corrected chi connectivity index (χ1v) is 9.95. The van der Waals surface area contributed by atoms with Gasteiger partial charge in [0, 0.05) is 18.7 Å². The summed E-state index contributed by atoms with van der Waals surface area (Å²) in [7, 11) is 0. The average molecular weight is 397 g/mol. The van der Waals surface area contributed by atoms with Gasteiger partial charge in [-0.25, -0.2) is 4.98 Å². The van der Waals surface area contributed by atoms with Crippen LogP contribution in [0.1, 0.15) is 24.7 Å². The van der Waals surface area contributed by atoms with E-state index < -0.39 is 11.9 Å². The van der Waals surface area contributed by atoms with Crippen molar-refractivity contribution in [3.63, 3.8) is 0 Å². The number of thiophene rings is 1. The van der Waals surface area contributed by atoms with Crippen LogP contribution < -0.4 is 10.5 Å². The molecule has 144 valence electrons. The van der Waals surface area contributed by atoms with Gasteiger partial charge >= 0.3 is 5.97 Å². The van der Waals surface area contributed by atoms with E-state index in [0.717, 1.165) is 12.1 Å². The van der Waals surface area contributed by atoms with Gasteiger partial charge in [-0.1, -0.05) is 19.1 Å². The molecule has 3 aromatic rings. The van der Waals surface area contributed by atoms with Crippen LogP contribution in [-0.2, 0) is 27.4 Å². The highest BCUT2D eigenvalue weighted by Gasteiger charge is 2.36. The SMILES string of the molecule is CCc1ccc(N2CC(C(=O)OCc3nc4ccsc4c(=O)[nH]3)CC2=O)cc1. The first-order chi connectivity index (χ1) is 13.5. The molecule has 0 aliphatic carbocycles. The minimum Gasteiger partial charge on any atom is -0.457 e. The maximum absolute atomic E-state index is 12.4. The number of hydrogen-bond acceptors (Lipinski definition) is 6. The fraction of sp³-hybridized carbons (Fsp3) is 0.300. The average Bonchev–Trinajstić information content (AvgIpc) is 3.33. The summed E-state index contributed by atoms with van der Waals surface area (Å²) in [4.78, 5) is 45.3. The van der Waals surface area contributed by atoms with E-state index in [1.54, 1.807) is 16.3 Å². The molecule has 4 rings (SSSR count). The lowest BCUT2D eigenvalue weighted by Crippen LogP contribution is -2.26. The molecule has 0 radical (unpaired) electrons. The Kier molecular flexibility index (Phi) is 4.95. The number of esters is 1. The number of anilines is 1. The van der Waals surface area contributed by atoms with Crippen molar-refractivity contribution in [2.75, 3.05) is 11.4 Å². The molecule has 3 heterocycles. The zero-order valence-corrected chi connectivity index (χ0v) is 16.1. The molecule has 7 nitrogen and oxygen atoms in total. The maximum Gasteiger partial charge on any atom is 0.311 e. The van der Waals surface area contributed by atoms with E-state index in [1.807, 2.05) is 24.3 Å².